The number of hydrogen-bond donors (Lipinski definition) is 0. The van der Waals surface area contributed by atoms with Crippen molar-refractivity contribution in [3.63, 3.8) is 0 Å². The van der Waals surface area contributed by atoms with Crippen LogP contribution in [-0.2, 0) is 17.9 Å². The number of carbonyl (C=O) groups excluding carboxylic acids is 2. The number of aromatic nitrogens is 2. The monoisotopic (exact) mass is 384 g/mol. The van der Waals surface area contributed by atoms with Gasteiger partial charge >= 0.3 is 0 Å². The zero-order chi connectivity index (χ0) is 19.7. The largest absolute Gasteiger partial charge is 0.336 e. The summed E-state index contributed by atoms with van der Waals surface area (Å²) in [4.78, 5) is 29.4. The fraction of sp³-hybridized carbons (Fsp3) is 0.476. The van der Waals surface area contributed by atoms with E-state index in [1.165, 1.54) is 12.1 Å². The van der Waals surface area contributed by atoms with Crippen molar-refractivity contribution in [2.75, 3.05) is 13.1 Å². The van der Waals surface area contributed by atoms with Crippen LogP contribution in [0.2, 0.25) is 0 Å². The normalized spacial score (nSPS) is 22.3. The number of hydrogen-bond acceptors (Lipinski definition) is 3. The second kappa shape index (κ2) is 7.73. The highest BCUT2D eigenvalue weighted by atomic mass is 19.1. The molecule has 7 heteroatoms. The number of likely N-dealkylation sites (tertiary alicyclic amines) is 2. The van der Waals surface area contributed by atoms with Crippen molar-refractivity contribution >= 4 is 11.8 Å². The van der Waals surface area contributed by atoms with E-state index in [0.717, 1.165) is 18.4 Å². The van der Waals surface area contributed by atoms with Gasteiger partial charge in [0.25, 0.3) is 5.91 Å². The van der Waals surface area contributed by atoms with Crippen molar-refractivity contribution in [2.24, 2.45) is 5.92 Å². The summed E-state index contributed by atoms with van der Waals surface area (Å²) >= 11 is 0. The van der Waals surface area contributed by atoms with E-state index in [1.54, 1.807) is 23.1 Å². The van der Waals surface area contributed by atoms with E-state index in [9.17, 15) is 14.0 Å². The van der Waals surface area contributed by atoms with Gasteiger partial charge in [0.2, 0.25) is 5.91 Å². The van der Waals surface area contributed by atoms with Gasteiger partial charge in [-0.1, -0.05) is 12.1 Å². The Hall–Kier alpha value is -2.70. The minimum absolute atomic E-state index is 0.0246. The molecule has 2 aromatic rings. The van der Waals surface area contributed by atoms with Crippen LogP contribution in [0.25, 0.3) is 0 Å². The predicted molar refractivity (Wildman–Crippen MR) is 102 cm³/mol. The molecule has 6 nitrogen and oxygen atoms in total. The molecule has 1 aromatic carbocycles. The molecule has 2 unspecified atom stereocenters. The molecule has 2 fully saturated rings. The number of fused-ring (bicyclic) bond motifs is 1. The lowest BCUT2D eigenvalue weighted by molar-refractivity contribution is -0.133. The molecule has 28 heavy (non-hydrogen) atoms. The summed E-state index contributed by atoms with van der Waals surface area (Å²) < 4.78 is 15.3. The third-order valence-corrected chi connectivity index (χ3v) is 5.83. The molecule has 0 radical (unpaired) electrons. The van der Waals surface area contributed by atoms with Gasteiger partial charge in [0.05, 0.1) is 17.8 Å². The van der Waals surface area contributed by atoms with Crippen molar-refractivity contribution in [3.8, 4) is 0 Å². The quantitative estimate of drug-likeness (QED) is 0.814. The summed E-state index contributed by atoms with van der Waals surface area (Å²) in [5.74, 6) is 0.00783. The minimum atomic E-state index is -0.299. The number of amides is 2. The molecule has 2 amide bonds. The van der Waals surface area contributed by atoms with E-state index in [1.807, 2.05) is 22.8 Å². The maximum atomic E-state index is 13.6. The molecule has 0 aliphatic carbocycles. The first kappa shape index (κ1) is 18.7. The van der Waals surface area contributed by atoms with Crippen LogP contribution in [0.4, 0.5) is 4.39 Å². The Labute approximate surface area is 163 Å². The molecular weight excluding hydrogens is 359 g/mol. The number of carbonyl (C=O) groups is 2. The Bertz CT molecular complexity index is 881. The molecule has 2 saturated heterocycles. The van der Waals surface area contributed by atoms with Gasteiger partial charge in [-0.3, -0.25) is 14.3 Å². The highest BCUT2D eigenvalue weighted by Gasteiger charge is 2.42. The van der Waals surface area contributed by atoms with E-state index in [-0.39, 0.29) is 29.6 Å². The van der Waals surface area contributed by atoms with Gasteiger partial charge in [0.15, 0.2) is 0 Å². The first-order chi connectivity index (χ1) is 13.5. The Morgan fingerprint density at radius 3 is 2.93 bits per heavy atom. The van der Waals surface area contributed by atoms with Gasteiger partial charge in [0, 0.05) is 38.8 Å². The van der Waals surface area contributed by atoms with Crippen LogP contribution in [0.5, 0.6) is 0 Å². The second-order valence-corrected chi connectivity index (χ2v) is 7.67. The molecule has 0 saturated carbocycles. The van der Waals surface area contributed by atoms with Crippen molar-refractivity contribution in [3.05, 3.63) is 53.6 Å². The predicted octanol–water partition coefficient (Wildman–Crippen LogP) is 2.70. The van der Waals surface area contributed by atoms with Crippen LogP contribution in [0, 0.1) is 11.7 Å². The van der Waals surface area contributed by atoms with Gasteiger partial charge in [-0.25, -0.2) is 4.39 Å². The molecule has 2 aliphatic rings. The molecule has 0 N–H and O–H groups in total. The first-order valence-electron chi connectivity index (χ1n) is 9.90. The minimum Gasteiger partial charge on any atom is -0.336 e. The molecule has 2 aliphatic heterocycles. The lowest BCUT2D eigenvalue weighted by Crippen LogP contribution is -2.43. The third kappa shape index (κ3) is 3.66. The topological polar surface area (TPSA) is 58.4 Å². The number of aryl methyl sites for hydroxylation is 1. The van der Waals surface area contributed by atoms with Crippen LogP contribution in [-0.4, -0.2) is 50.5 Å². The van der Waals surface area contributed by atoms with Crippen molar-refractivity contribution in [1.29, 1.82) is 0 Å². The number of halogens is 1. The van der Waals surface area contributed by atoms with Gasteiger partial charge in [-0.15, -0.1) is 0 Å². The number of rotatable bonds is 4. The Morgan fingerprint density at radius 1 is 1.32 bits per heavy atom. The Balaban J connectivity index is 1.53. The Morgan fingerprint density at radius 2 is 2.18 bits per heavy atom. The molecule has 2 atom stereocenters. The highest BCUT2D eigenvalue weighted by Crippen LogP contribution is 2.32. The first-order valence-corrected chi connectivity index (χ1v) is 9.90. The molecular formula is C21H25FN4O2. The van der Waals surface area contributed by atoms with Gasteiger partial charge in [-0.2, -0.15) is 5.10 Å². The van der Waals surface area contributed by atoms with E-state index >= 15 is 0 Å². The third-order valence-electron chi connectivity index (χ3n) is 5.83. The average Bonchev–Trinajstić information content (AvgIpc) is 3.30. The summed E-state index contributed by atoms with van der Waals surface area (Å²) in [6, 6.07) is 6.37. The van der Waals surface area contributed by atoms with Crippen LogP contribution in [0.3, 0.4) is 0 Å². The average molecular weight is 384 g/mol. The molecule has 3 heterocycles. The summed E-state index contributed by atoms with van der Waals surface area (Å²) in [7, 11) is 0. The van der Waals surface area contributed by atoms with E-state index in [4.69, 9.17) is 0 Å². The molecule has 0 bridgehead atoms. The Kier molecular flexibility index (Phi) is 5.15. The van der Waals surface area contributed by atoms with Crippen LogP contribution in [0.1, 0.15) is 42.1 Å². The fourth-order valence-electron chi connectivity index (χ4n) is 4.37. The second-order valence-electron chi connectivity index (χ2n) is 7.67. The summed E-state index contributed by atoms with van der Waals surface area (Å²) in [5, 5.41) is 4.19. The summed E-state index contributed by atoms with van der Waals surface area (Å²) in [5.41, 5.74) is 1.37. The fourth-order valence-corrected chi connectivity index (χ4v) is 4.37. The summed E-state index contributed by atoms with van der Waals surface area (Å²) in [6.07, 6.45) is 5.64. The van der Waals surface area contributed by atoms with Crippen molar-refractivity contribution in [1.82, 2.24) is 19.6 Å². The molecule has 4 rings (SSSR count). The van der Waals surface area contributed by atoms with Crippen LogP contribution >= 0.6 is 0 Å². The zero-order valence-electron chi connectivity index (χ0n) is 16.1. The smallest absolute Gasteiger partial charge is 0.257 e. The highest BCUT2D eigenvalue weighted by molar-refractivity contribution is 5.94. The van der Waals surface area contributed by atoms with E-state index in [2.05, 4.69) is 5.10 Å². The van der Waals surface area contributed by atoms with Crippen LogP contribution < -0.4 is 0 Å². The van der Waals surface area contributed by atoms with Gasteiger partial charge in [-0.05, 0) is 43.4 Å². The van der Waals surface area contributed by atoms with Gasteiger partial charge < -0.3 is 9.80 Å². The summed E-state index contributed by atoms with van der Waals surface area (Å²) in [6.45, 7) is 4.24. The lowest BCUT2D eigenvalue weighted by atomic mass is 9.98. The molecule has 0 spiro atoms. The maximum Gasteiger partial charge on any atom is 0.257 e. The van der Waals surface area contributed by atoms with Gasteiger partial charge in [0.1, 0.15) is 5.82 Å². The van der Waals surface area contributed by atoms with Crippen molar-refractivity contribution < 1.29 is 14.0 Å². The van der Waals surface area contributed by atoms with E-state index in [0.29, 0.717) is 38.2 Å². The van der Waals surface area contributed by atoms with Crippen LogP contribution in [0.15, 0.2) is 36.7 Å². The maximum absolute atomic E-state index is 13.6. The lowest BCUT2D eigenvalue weighted by Gasteiger charge is -2.30. The zero-order valence-corrected chi connectivity index (χ0v) is 16.1. The standard InChI is InChI=1S/C21H25FN4O2/c1-2-25-13-17(10-23-25)21(28)24-12-16-6-4-8-20(27)26(19(16)14-24)11-15-5-3-7-18(22)9-15/h3,5,7,9-10,13,16,19H,2,4,6,8,11-12,14H2,1H3. The number of benzene rings is 1. The van der Waals surface area contributed by atoms with E-state index < -0.39 is 0 Å². The number of nitrogens with zero attached hydrogens (tertiary/aromatic N) is 4. The van der Waals surface area contributed by atoms with Crippen molar-refractivity contribution in [2.45, 2.75) is 45.3 Å². The molecule has 1 aromatic heterocycles. The molecule has 148 valence electrons. The SMILES string of the molecule is CCn1cc(C(=O)N2CC3CCCC(=O)N(Cc4cccc(F)c4)C3C2)cn1.